The van der Waals surface area contributed by atoms with E-state index in [-0.39, 0.29) is 25.3 Å². The van der Waals surface area contributed by atoms with Gasteiger partial charge in [0, 0.05) is 13.0 Å². The van der Waals surface area contributed by atoms with Crippen molar-refractivity contribution >= 4 is 17.7 Å². The Balaban J connectivity index is 2.21. The average molecular weight is 261 g/mol. The van der Waals surface area contributed by atoms with Gasteiger partial charge in [0.05, 0.1) is 0 Å². The molecule has 0 spiro atoms. The van der Waals surface area contributed by atoms with E-state index in [0.717, 1.165) is 11.1 Å². The van der Waals surface area contributed by atoms with Gasteiger partial charge in [0.2, 0.25) is 5.91 Å². The molecule has 1 fully saturated rings. The number of rotatable bonds is 4. The summed E-state index contributed by atoms with van der Waals surface area (Å²) in [6.07, 6.45) is 0.519. The van der Waals surface area contributed by atoms with Crippen LogP contribution < -0.4 is 0 Å². The van der Waals surface area contributed by atoms with E-state index in [0.29, 0.717) is 0 Å². The number of aryl methyl sites for hydroxylation is 1. The summed E-state index contributed by atoms with van der Waals surface area (Å²) in [5.74, 6) is -2.54. The first-order valence-corrected chi connectivity index (χ1v) is 6.12. The summed E-state index contributed by atoms with van der Waals surface area (Å²) < 4.78 is 0. The summed E-state index contributed by atoms with van der Waals surface area (Å²) in [5.41, 5.74) is 1.95. The third-order valence-corrected chi connectivity index (χ3v) is 3.44. The molecular formula is C14H15NO4. The van der Waals surface area contributed by atoms with Gasteiger partial charge < -0.3 is 10.0 Å². The van der Waals surface area contributed by atoms with Crippen molar-refractivity contribution in [2.45, 2.75) is 32.4 Å². The fraction of sp³-hybridized carbons (Fsp3) is 0.357. The minimum absolute atomic E-state index is 0.164. The van der Waals surface area contributed by atoms with E-state index in [1.807, 2.05) is 31.2 Å². The zero-order chi connectivity index (χ0) is 14.0. The molecule has 1 aromatic rings. The molecule has 1 N–H and O–H groups in total. The number of benzene rings is 1. The Bertz CT molecular complexity index is 538. The van der Waals surface area contributed by atoms with E-state index in [1.54, 1.807) is 0 Å². The SMILES string of the molecule is Cc1ccccc1CN1C(=O)CCC1C(=O)C(=O)O. The maximum absolute atomic E-state index is 11.8. The summed E-state index contributed by atoms with van der Waals surface area (Å²) >= 11 is 0. The molecule has 1 saturated heterocycles. The number of likely N-dealkylation sites (tertiary alicyclic amines) is 1. The minimum Gasteiger partial charge on any atom is -0.475 e. The standard InChI is InChI=1S/C14H15NO4/c1-9-4-2-3-5-10(9)8-15-11(6-7-12(15)16)13(17)14(18)19/h2-5,11H,6-8H2,1H3,(H,18,19). The van der Waals surface area contributed by atoms with Gasteiger partial charge in [-0.05, 0) is 24.5 Å². The topological polar surface area (TPSA) is 74.7 Å². The second-order valence-corrected chi connectivity index (χ2v) is 4.67. The third-order valence-electron chi connectivity index (χ3n) is 3.44. The summed E-state index contributed by atoms with van der Waals surface area (Å²) in [5, 5.41) is 8.78. The molecule has 0 saturated carbocycles. The van der Waals surface area contributed by atoms with Gasteiger partial charge in [0.1, 0.15) is 6.04 Å². The van der Waals surface area contributed by atoms with Crippen molar-refractivity contribution in [1.29, 1.82) is 0 Å². The molecule has 1 heterocycles. The van der Waals surface area contributed by atoms with Crippen molar-refractivity contribution in [3.63, 3.8) is 0 Å². The van der Waals surface area contributed by atoms with Crippen LogP contribution >= 0.6 is 0 Å². The van der Waals surface area contributed by atoms with Crippen molar-refractivity contribution in [3.8, 4) is 0 Å². The molecule has 2 rings (SSSR count). The van der Waals surface area contributed by atoms with Crippen LogP contribution in [0.5, 0.6) is 0 Å². The number of hydrogen-bond donors (Lipinski definition) is 1. The number of carbonyl (C=O) groups is 3. The second-order valence-electron chi connectivity index (χ2n) is 4.67. The minimum atomic E-state index is -1.48. The molecule has 1 atom stereocenters. The lowest BCUT2D eigenvalue weighted by atomic mass is 10.1. The number of aliphatic carboxylic acids is 1. The number of nitrogens with zero attached hydrogens (tertiary/aromatic N) is 1. The van der Waals surface area contributed by atoms with Gasteiger partial charge in [-0.3, -0.25) is 9.59 Å². The number of Topliss-reactive ketones (excluding diaryl/α,β-unsaturated/α-hetero) is 1. The molecule has 100 valence electrons. The molecule has 0 aliphatic carbocycles. The van der Waals surface area contributed by atoms with Gasteiger partial charge in [0.15, 0.2) is 0 Å². The highest BCUT2D eigenvalue weighted by atomic mass is 16.4. The molecule has 19 heavy (non-hydrogen) atoms. The molecule has 1 amide bonds. The largest absolute Gasteiger partial charge is 0.475 e. The fourth-order valence-electron chi connectivity index (χ4n) is 2.32. The molecule has 1 unspecified atom stereocenters. The van der Waals surface area contributed by atoms with Crippen LogP contribution in [-0.2, 0) is 20.9 Å². The average Bonchev–Trinajstić information content (AvgIpc) is 2.73. The summed E-state index contributed by atoms with van der Waals surface area (Å²) in [4.78, 5) is 35.5. The Hall–Kier alpha value is -2.17. The van der Waals surface area contributed by atoms with Crippen LogP contribution in [0.2, 0.25) is 0 Å². The fourth-order valence-corrected chi connectivity index (χ4v) is 2.32. The van der Waals surface area contributed by atoms with E-state index in [9.17, 15) is 14.4 Å². The third kappa shape index (κ3) is 2.65. The number of amides is 1. The number of hydrogen-bond acceptors (Lipinski definition) is 3. The molecule has 0 bridgehead atoms. The van der Waals surface area contributed by atoms with Crippen molar-refractivity contribution < 1.29 is 19.5 Å². The van der Waals surface area contributed by atoms with Gasteiger partial charge in [-0.25, -0.2) is 4.79 Å². The summed E-state index contributed by atoms with van der Waals surface area (Å²) in [6, 6.07) is 6.72. The first-order valence-electron chi connectivity index (χ1n) is 6.12. The maximum Gasteiger partial charge on any atom is 0.374 e. The van der Waals surface area contributed by atoms with Crippen molar-refractivity contribution in [1.82, 2.24) is 4.90 Å². The van der Waals surface area contributed by atoms with E-state index in [4.69, 9.17) is 5.11 Å². The highest BCUT2D eigenvalue weighted by Crippen LogP contribution is 2.23. The van der Waals surface area contributed by atoms with Gasteiger partial charge in [0.25, 0.3) is 5.78 Å². The quantitative estimate of drug-likeness (QED) is 0.825. The van der Waals surface area contributed by atoms with E-state index in [1.165, 1.54) is 4.90 Å². The highest BCUT2D eigenvalue weighted by Gasteiger charge is 2.38. The van der Waals surface area contributed by atoms with Crippen LogP contribution in [0.4, 0.5) is 0 Å². The van der Waals surface area contributed by atoms with Crippen molar-refractivity contribution in [2.24, 2.45) is 0 Å². The monoisotopic (exact) mass is 261 g/mol. The normalized spacial score (nSPS) is 18.7. The Labute approximate surface area is 110 Å². The number of carbonyl (C=O) groups excluding carboxylic acids is 2. The molecule has 1 aliphatic rings. The number of carboxylic acids is 1. The Morgan fingerprint density at radius 2 is 2.05 bits per heavy atom. The van der Waals surface area contributed by atoms with Crippen LogP contribution in [0.25, 0.3) is 0 Å². The first kappa shape index (κ1) is 13.3. The molecule has 0 radical (unpaired) electrons. The van der Waals surface area contributed by atoms with Crippen LogP contribution in [0.3, 0.4) is 0 Å². The van der Waals surface area contributed by atoms with Crippen LogP contribution in [-0.4, -0.2) is 33.7 Å². The smallest absolute Gasteiger partial charge is 0.374 e. The first-order chi connectivity index (χ1) is 9.00. The van der Waals surface area contributed by atoms with Gasteiger partial charge in [-0.15, -0.1) is 0 Å². The van der Waals surface area contributed by atoms with E-state index < -0.39 is 17.8 Å². The maximum atomic E-state index is 11.8. The number of ketones is 1. The molecule has 5 nitrogen and oxygen atoms in total. The van der Waals surface area contributed by atoms with Crippen LogP contribution in [0, 0.1) is 6.92 Å². The molecule has 0 aromatic heterocycles. The van der Waals surface area contributed by atoms with Gasteiger partial charge in [-0.1, -0.05) is 24.3 Å². The zero-order valence-electron chi connectivity index (χ0n) is 10.6. The molecular weight excluding hydrogens is 246 g/mol. The summed E-state index contributed by atoms with van der Waals surface area (Å²) in [6.45, 7) is 2.21. The number of carboxylic acid groups (broad SMARTS) is 1. The van der Waals surface area contributed by atoms with Crippen molar-refractivity contribution in [3.05, 3.63) is 35.4 Å². The molecule has 1 aromatic carbocycles. The Morgan fingerprint density at radius 1 is 1.37 bits per heavy atom. The highest BCUT2D eigenvalue weighted by molar-refractivity contribution is 6.35. The van der Waals surface area contributed by atoms with Crippen LogP contribution in [0.15, 0.2) is 24.3 Å². The van der Waals surface area contributed by atoms with Crippen molar-refractivity contribution in [2.75, 3.05) is 0 Å². The Morgan fingerprint density at radius 3 is 2.68 bits per heavy atom. The molecule has 1 aliphatic heterocycles. The Kier molecular flexibility index (Phi) is 3.64. The molecule has 5 heteroatoms. The zero-order valence-corrected chi connectivity index (χ0v) is 10.6. The predicted molar refractivity (Wildman–Crippen MR) is 67.4 cm³/mol. The lowest BCUT2D eigenvalue weighted by molar-refractivity contribution is -0.152. The predicted octanol–water partition coefficient (Wildman–Crippen LogP) is 1.14. The van der Waals surface area contributed by atoms with E-state index >= 15 is 0 Å². The lowest BCUT2D eigenvalue weighted by Crippen LogP contribution is -2.41. The second kappa shape index (κ2) is 5.22. The van der Waals surface area contributed by atoms with E-state index in [2.05, 4.69) is 0 Å². The summed E-state index contributed by atoms with van der Waals surface area (Å²) in [7, 11) is 0. The van der Waals surface area contributed by atoms with Gasteiger partial charge >= 0.3 is 5.97 Å². The van der Waals surface area contributed by atoms with Gasteiger partial charge in [-0.2, -0.15) is 0 Å². The lowest BCUT2D eigenvalue weighted by Gasteiger charge is -2.23. The van der Waals surface area contributed by atoms with Crippen LogP contribution in [0.1, 0.15) is 24.0 Å².